The minimum atomic E-state index is -4.79. The van der Waals surface area contributed by atoms with Crippen molar-refractivity contribution < 1.29 is 67.2 Å². The number of rotatable bonds is 20. The summed E-state index contributed by atoms with van der Waals surface area (Å²) in [6.45, 7) is -4.94. The molecule has 18 heteroatoms. The lowest BCUT2D eigenvalue weighted by molar-refractivity contribution is -0.313. The third-order valence-electron chi connectivity index (χ3n) is 5.25. The van der Waals surface area contributed by atoms with Crippen LogP contribution < -0.4 is 30.3 Å². The van der Waals surface area contributed by atoms with E-state index in [0.717, 1.165) is 20.8 Å². The highest BCUT2D eigenvalue weighted by atomic mass is 32.2. The van der Waals surface area contributed by atoms with Crippen molar-refractivity contribution in [2.24, 2.45) is 0 Å². The Morgan fingerprint density at radius 1 is 0.800 bits per heavy atom. The summed E-state index contributed by atoms with van der Waals surface area (Å²) in [5.74, 6) is -8.78. The van der Waals surface area contributed by atoms with E-state index in [1.165, 1.54) is 19.1 Å². The van der Waals surface area contributed by atoms with E-state index in [-0.39, 0.29) is 18.8 Å². The molecule has 0 saturated heterocycles. The fraction of sp³-hybridized carbons (Fsp3) is 0.500. The molecule has 0 fully saturated rings. The standard InChI is InChI=1S/C22H31N3O14S/c1-14-2-3-16(17(6-14)40(36,37)38)39-13-15(25(11-21(32)33)12-22(34)35)7-23(8-18(26)27)4-5-24(9-19(28)29)10-20(30)31/h2-3,6,15H,4-5,7-13H2,1H3,(H,26,27)(H,28,29)(H,30,31)(H,32,33)(H,34,35)(H,36,37,38)/p-5. The van der Waals surface area contributed by atoms with Crippen LogP contribution in [0.5, 0.6) is 5.75 Å². The topological polar surface area (TPSA) is 274 Å². The second kappa shape index (κ2) is 15.7. The van der Waals surface area contributed by atoms with E-state index in [1.807, 2.05) is 0 Å². The Morgan fingerprint density at radius 2 is 1.25 bits per heavy atom. The molecule has 0 heterocycles. The van der Waals surface area contributed by atoms with Crippen molar-refractivity contribution in [3.05, 3.63) is 23.8 Å². The van der Waals surface area contributed by atoms with Crippen LogP contribution >= 0.6 is 0 Å². The lowest BCUT2D eigenvalue weighted by Crippen LogP contribution is -2.56. The van der Waals surface area contributed by atoms with Crippen molar-refractivity contribution >= 4 is 40.0 Å². The van der Waals surface area contributed by atoms with Crippen molar-refractivity contribution in [1.29, 1.82) is 0 Å². The van der Waals surface area contributed by atoms with Crippen molar-refractivity contribution in [3.8, 4) is 5.75 Å². The first-order chi connectivity index (χ1) is 18.5. The Bertz CT molecular complexity index is 1160. The molecule has 1 aromatic carbocycles. The van der Waals surface area contributed by atoms with Crippen LogP contribution in [0.2, 0.25) is 0 Å². The highest BCUT2D eigenvalue weighted by Crippen LogP contribution is 2.25. The van der Waals surface area contributed by atoms with Crippen molar-refractivity contribution in [2.45, 2.75) is 17.9 Å². The number of ether oxygens (including phenoxy) is 1. The zero-order valence-electron chi connectivity index (χ0n) is 21.2. The smallest absolute Gasteiger partial charge is 0.298 e. The van der Waals surface area contributed by atoms with E-state index in [2.05, 4.69) is 0 Å². The second-order valence-electron chi connectivity index (χ2n) is 8.60. The Morgan fingerprint density at radius 3 is 1.70 bits per heavy atom. The van der Waals surface area contributed by atoms with Gasteiger partial charge in [-0.15, -0.1) is 0 Å². The Hall–Kier alpha value is -3.84. The van der Waals surface area contributed by atoms with Crippen LogP contribution in [0.1, 0.15) is 5.56 Å². The average Bonchev–Trinajstić information content (AvgIpc) is 2.77. The van der Waals surface area contributed by atoms with Gasteiger partial charge in [0.05, 0.1) is 35.9 Å². The number of benzene rings is 1. The van der Waals surface area contributed by atoms with Gasteiger partial charge in [0.15, 0.2) is 0 Å². The van der Waals surface area contributed by atoms with E-state index in [4.69, 9.17) is 4.74 Å². The van der Waals surface area contributed by atoms with Gasteiger partial charge in [-0.2, -0.15) is 8.42 Å². The van der Waals surface area contributed by atoms with Crippen molar-refractivity contribution in [3.63, 3.8) is 0 Å². The molecule has 0 aromatic heterocycles. The molecule has 0 aliphatic heterocycles. The predicted octanol–water partition coefficient (Wildman–Crippen LogP) is -8.36. The maximum absolute atomic E-state index is 11.8. The lowest BCUT2D eigenvalue weighted by atomic mass is 10.2. The van der Waals surface area contributed by atoms with Gasteiger partial charge in [-0.1, -0.05) is 6.07 Å². The molecule has 1 atom stereocenters. The number of carboxylic acid groups (broad SMARTS) is 5. The normalized spacial score (nSPS) is 12.4. The van der Waals surface area contributed by atoms with Gasteiger partial charge in [0.1, 0.15) is 17.3 Å². The van der Waals surface area contributed by atoms with E-state index < -0.39 is 96.8 Å². The number of hydrogen-bond acceptors (Lipinski definition) is 16. The van der Waals surface area contributed by atoms with Gasteiger partial charge < -0.3 is 54.2 Å². The first-order valence-electron chi connectivity index (χ1n) is 11.4. The lowest BCUT2D eigenvalue weighted by Gasteiger charge is -2.37. The highest BCUT2D eigenvalue weighted by Gasteiger charge is 2.25. The maximum atomic E-state index is 11.8. The zero-order chi connectivity index (χ0) is 30.6. The van der Waals surface area contributed by atoms with E-state index in [9.17, 15) is 62.5 Å². The molecule has 0 spiro atoms. The van der Waals surface area contributed by atoms with Crippen molar-refractivity contribution in [2.75, 3.05) is 59.0 Å². The summed E-state index contributed by atoms with van der Waals surface area (Å²) >= 11 is 0. The summed E-state index contributed by atoms with van der Waals surface area (Å²) in [5.41, 5.74) is 0.421. The number of carbonyl (C=O) groups is 5. The molecule has 40 heavy (non-hydrogen) atoms. The number of aryl methyl sites for hydroxylation is 1. The first kappa shape index (κ1) is 34.2. The maximum Gasteiger partial charge on any atom is 0.298 e. The molecule has 1 unspecified atom stereocenters. The number of hydrogen-bond donors (Lipinski definition) is 1. The summed E-state index contributed by atoms with van der Waals surface area (Å²) < 4.78 is 38.6. The van der Waals surface area contributed by atoms with Gasteiger partial charge in [0, 0.05) is 52.4 Å². The highest BCUT2D eigenvalue weighted by molar-refractivity contribution is 7.86. The fourth-order valence-corrected chi connectivity index (χ4v) is 4.33. The van der Waals surface area contributed by atoms with Crippen LogP contribution in [0.25, 0.3) is 0 Å². The fourth-order valence-electron chi connectivity index (χ4n) is 3.62. The minimum absolute atomic E-state index is 0.351. The Labute approximate surface area is 228 Å². The largest absolute Gasteiger partial charge is 0.549 e. The van der Waals surface area contributed by atoms with Gasteiger partial charge in [-0.3, -0.25) is 19.3 Å². The van der Waals surface area contributed by atoms with Gasteiger partial charge in [-0.25, -0.2) is 0 Å². The molecule has 0 saturated carbocycles. The van der Waals surface area contributed by atoms with Gasteiger partial charge >= 0.3 is 0 Å². The number of carbonyl (C=O) groups excluding carboxylic acids is 5. The second-order valence-corrected chi connectivity index (χ2v) is 9.99. The molecule has 1 N–H and O–H groups in total. The first-order valence-corrected chi connectivity index (χ1v) is 12.8. The van der Waals surface area contributed by atoms with Crippen LogP contribution in [0, 0.1) is 6.92 Å². The molecular formula is C22H26N3O14S-5. The van der Waals surface area contributed by atoms with Crippen molar-refractivity contribution in [1.82, 2.24) is 14.7 Å². The summed E-state index contributed by atoms with van der Waals surface area (Å²) in [5, 5.41) is 55.9. The minimum Gasteiger partial charge on any atom is -0.549 e. The molecule has 1 aromatic rings. The monoisotopic (exact) mass is 588 g/mol. The quantitative estimate of drug-likeness (QED) is 0.138. The summed E-state index contributed by atoms with van der Waals surface area (Å²) in [6.07, 6.45) is 0. The molecule has 0 aliphatic carbocycles. The van der Waals surface area contributed by atoms with Crippen LogP contribution in [0.4, 0.5) is 0 Å². The molecule has 17 nitrogen and oxygen atoms in total. The molecule has 0 bridgehead atoms. The SMILES string of the molecule is Cc1ccc(OCC(CN(CCN(CC(=O)[O-])CC(=O)[O-])CC(=O)[O-])N(CC(=O)[O-])CC(=O)[O-])c(S(=O)(=O)O)c1. The van der Waals surface area contributed by atoms with E-state index >= 15 is 0 Å². The third kappa shape index (κ3) is 13.3. The molecule has 0 amide bonds. The third-order valence-corrected chi connectivity index (χ3v) is 6.12. The molecular weight excluding hydrogens is 562 g/mol. The Kier molecular flexibility index (Phi) is 13.4. The number of nitrogens with zero attached hydrogens (tertiary/aromatic N) is 3. The summed E-state index contributed by atoms with van der Waals surface area (Å²) in [6, 6.07) is 2.35. The zero-order valence-corrected chi connectivity index (χ0v) is 22.0. The molecule has 224 valence electrons. The average molecular weight is 589 g/mol. The van der Waals surface area contributed by atoms with Gasteiger partial charge in [0.25, 0.3) is 10.1 Å². The number of aliphatic carboxylic acids is 5. The van der Waals surface area contributed by atoms with Crippen LogP contribution in [0.15, 0.2) is 23.1 Å². The van der Waals surface area contributed by atoms with Gasteiger partial charge in [-0.05, 0) is 24.6 Å². The van der Waals surface area contributed by atoms with Crippen LogP contribution in [-0.2, 0) is 34.1 Å². The van der Waals surface area contributed by atoms with E-state index in [1.54, 1.807) is 0 Å². The summed E-state index contributed by atoms with van der Waals surface area (Å²) in [7, 11) is -4.79. The summed E-state index contributed by atoms with van der Waals surface area (Å²) in [4.78, 5) is 57.9. The van der Waals surface area contributed by atoms with Crippen LogP contribution in [-0.4, -0.2) is 123 Å². The van der Waals surface area contributed by atoms with E-state index in [0.29, 0.717) is 5.56 Å². The molecule has 1 rings (SSSR count). The molecule has 0 radical (unpaired) electrons. The predicted molar refractivity (Wildman–Crippen MR) is 120 cm³/mol. The molecule has 0 aliphatic rings. The Balaban J connectivity index is 3.34. The van der Waals surface area contributed by atoms with Gasteiger partial charge in [0.2, 0.25) is 0 Å². The van der Waals surface area contributed by atoms with Crippen LogP contribution in [0.3, 0.4) is 0 Å². The number of carboxylic acids is 5.